The van der Waals surface area contributed by atoms with Crippen molar-refractivity contribution < 1.29 is 16.8 Å². The third kappa shape index (κ3) is 3.45. The molecule has 1 aromatic carbocycles. The predicted octanol–water partition coefficient (Wildman–Crippen LogP) is 0.342. The molecule has 1 unspecified atom stereocenters. The van der Waals surface area contributed by atoms with Gasteiger partial charge in [0.05, 0.1) is 29.2 Å². The van der Waals surface area contributed by atoms with Crippen molar-refractivity contribution in [3.05, 3.63) is 41.3 Å². The molecule has 1 aromatic rings. The first-order valence-electron chi connectivity index (χ1n) is 5.71. The second kappa shape index (κ2) is 5.36. The first-order chi connectivity index (χ1) is 9.32. The lowest BCUT2D eigenvalue weighted by atomic mass is 10.2. The fourth-order valence-corrected chi connectivity index (χ4v) is 4.33. The van der Waals surface area contributed by atoms with Crippen molar-refractivity contribution >= 4 is 19.9 Å². The maximum absolute atomic E-state index is 12.1. The van der Waals surface area contributed by atoms with Crippen molar-refractivity contribution in [1.29, 1.82) is 5.26 Å². The molecular formula is C12H12N2O4S2. The van der Waals surface area contributed by atoms with Crippen LogP contribution < -0.4 is 4.72 Å². The van der Waals surface area contributed by atoms with Gasteiger partial charge in [0, 0.05) is 5.41 Å². The fourth-order valence-electron chi connectivity index (χ4n) is 1.79. The van der Waals surface area contributed by atoms with E-state index in [1.54, 1.807) is 12.1 Å². The lowest BCUT2D eigenvalue weighted by Crippen LogP contribution is -2.35. The number of hydrogen-bond donors (Lipinski definition) is 1. The molecule has 0 aromatic heterocycles. The van der Waals surface area contributed by atoms with Gasteiger partial charge in [0.2, 0.25) is 10.0 Å². The van der Waals surface area contributed by atoms with Crippen LogP contribution in [0.1, 0.15) is 5.56 Å². The van der Waals surface area contributed by atoms with Crippen LogP contribution in [0.15, 0.2) is 40.6 Å². The van der Waals surface area contributed by atoms with Crippen LogP contribution in [0.4, 0.5) is 0 Å². The third-order valence-electron chi connectivity index (χ3n) is 2.75. The highest BCUT2D eigenvalue weighted by molar-refractivity contribution is 7.94. The minimum absolute atomic E-state index is 0.0388. The molecule has 6 nitrogen and oxygen atoms in total. The number of rotatable bonds is 4. The van der Waals surface area contributed by atoms with Gasteiger partial charge in [-0.3, -0.25) is 0 Å². The molecule has 8 heteroatoms. The molecule has 1 heterocycles. The Hall–Kier alpha value is -1.69. The Kier molecular flexibility index (Phi) is 3.94. The zero-order chi connectivity index (χ0) is 14.8. The SMILES string of the molecule is N#CCc1ccc(S(=O)(=O)NC2C=CS(=O)(=O)C2)cc1. The molecule has 0 radical (unpaired) electrons. The molecular weight excluding hydrogens is 300 g/mol. The number of nitriles is 1. The van der Waals surface area contributed by atoms with E-state index < -0.39 is 25.9 Å². The Bertz CT molecular complexity index is 772. The number of benzene rings is 1. The van der Waals surface area contributed by atoms with E-state index in [-0.39, 0.29) is 17.1 Å². The predicted molar refractivity (Wildman–Crippen MR) is 72.8 cm³/mol. The minimum atomic E-state index is -3.77. The topological polar surface area (TPSA) is 104 Å². The summed E-state index contributed by atoms with van der Waals surface area (Å²) in [6.07, 6.45) is 1.52. The van der Waals surface area contributed by atoms with E-state index in [0.717, 1.165) is 11.0 Å². The van der Waals surface area contributed by atoms with E-state index in [1.807, 2.05) is 6.07 Å². The zero-order valence-electron chi connectivity index (χ0n) is 10.4. The number of sulfone groups is 1. The van der Waals surface area contributed by atoms with Crippen LogP contribution in [0.3, 0.4) is 0 Å². The Balaban J connectivity index is 2.15. The van der Waals surface area contributed by atoms with Gasteiger partial charge in [-0.05, 0) is 17.7 Å². The normalized spacial score (nSPS) is 20.6. The Morgan fingerprint density at radius 1 is 1.30 bits per heavy atom. The molecule has 106 valence electrons. The maximum atomic E-state index is 12.1. The molecule has 0 saturated heterocycles. The van der Waals surface area contributed by atoms with Crippen LogP contribution >= 0.6 is 0 Å². The highest BCUT2D eigenvalue weighted by atomic mass is 32.2. The monoisotopic (exact) mass is 312 g/mol. The van der Waals surface area contributed by atoms with Gasteiger partial charge in [0.1, 0.15) is 0 Å². The zero-order valence-corrected chi connectivity index (χ0v) is 12.0. The Morgan fingerprint density at radius 3 is 2.45 bits per heavy atom. The van der Waals surface area contributed by atoms with E-state index in [2.05, 4.69) is 4.72 Å². The molecule has 1 atom stereocenters. The standard InChI is InChI=1S/C12H12N2O4S2/c13-7-5-10-1-3-12(4-2-10)20(17,18)14-11-6-8-19(15,16)9-11/h1-4,6,8,11,14H,5,9H2. The van der Waals surface area contributed by atoms with Gasteiger partial charge < -0.3 is 0 Å². The first kappa shape index (κ1) is 14.7. The average molecular weight is 312 g/mol. The quantitative estimate of drug-likeness (QED) is 0.863. The second-order valence-electron chi connectivity index (χ2n) is 4.36. The summed E-state index contributed by atoms with van der Waals surface area (Å²) in [7, 11) is -7.08. The van der Waals surface area contributed by atoms with Crippen LogP contribution in [-0.2, 0) is 26.3 Å². The summed E-state index contributed by atoms with van der Waals surface area (Å²) in [5, 5.41) is 9.55. The van der Waals surface area contributed by atoms with Crippen molar-refractivity contribution in [3.63, 3.8) is 0 Å². The largest absolute Gasteiger partial charge is 0.241 e. The van der Waals surface area contributed by atoms with Crippen molar-refractivity contribution in [3.8, 4) is 6.07 Å². The van der Waals surface area contributed by atoms with Gasteiger partial charge in [-0.2, -0.15) is 5.26 Å². The van der Waals surface area contributed by atoms with Crippen molar-refractivity contribution in [2.75, 3.05) is 5.75 Å². The van der Waals surface area contributed by atoms with Gasteiger partial charge in [0.25, 0.3) is 0 Å². The highest BCUT2D eigenvalue weighted by Gasteiger charge is 2.26. The summed E-state index contributed by atoms with van der Waals surface area (Å²) >= 11 is 0. The summed E-state index contributed by atoms with van der Waals surface area (Å²) in [6.45, 7) is 0. The average Bonchev–Trinajstić information content (AvgIpc) is 2.69. The molecule has 0 amide bonds. The van der Waals surface area contributed by atoms with Crippen LogP contribution in [0, 0.1) is 11.3 Å². The Labute approximate surface area is 117 Å². The molecule has 0 saturated carbocycles. The van der Waals surface area contributed by atoms with Crippen molar-refractivity contribution in [2.45, 2.75) is 17.4 Å². The van der Waals surface area contributed by atoms with Crippen LogP contribution in [0.25, 0.3) is 0 Å². The third-order valence-corrected chi connectivity index (χ3v) is 5.65. The lowest BCUT2D eigenvalue weighted by molar-refractivity contribution is 0.575. The van der Waals surface area contributed by atoms with E-state index in [0.29, 0.717) is 0 Å². The highest BCUT2D eigenvalue weighted by Crippen LogP contribution is 2.14. The molecule has 0 aliphatic carbocycles. The molecule has 1 aliphatic heterocycles. The van der Waals surface area contributed by atoms with Gasteiger partial charge in [-0.1, -0.05) is 18.2 Å². The van der Waals surface area contributed by atoms with Crippen LogP contribution in [0.2, 0.25) is 0 Å². The summed E-state index contributed by atoms with van der Waals surface area (Å²) < 4.78 is 48.9. The minimum Gasteiger partial charge on any atom is -0.224 e. The molecule has 0 spiro atoms. The summed E-state index contributed by atoms with van der Waals surface area (Å²) in [6, 6.07) is 7.11. The maximum Gasteiger partial charge on any atom is 0.241 e. The number of sulfonamides is 1. The summed E-state index contributed by atoms with van der Waals surface area (Å²) in [4.78, 5) is 0.0388. The van der Waals surface area contributed by atoms with Gasteiger partial charge >= 0.3 is 0 Å². The van der Waals surface area contributed by atoms with Crippen LogP contribution in [-0.4, -0.2) is 28.6 Å². The molecule has 20 heavy (non-hydrogen) atoms. The number of hydrogen-bond acceptors (Lipinski definition) is 5. The fraction of sp³-hybridized carbons (Fsp3) is 0.250. The summed E-state index contributed by atoms with van der Waals surface area (Å²) in [5.41, 5.74) is 0.717. The van der Waals surface area contributed by atoms with Gasteiger partial charge in [-0.15, -0.1) is 0 Å². The Morgan fingerprint density at radius 2 is 1.95 bits per heavy atom. The second-order valence-corrected chi connectivity index (χ2v) is 8.01. The lowest BCUT2D eigenvalue weighted by Gasteiger charge is -2.11. The van der Waals surface area contributed by atoms with E-state index >= 15 is 0 Å². The van der Waals surface area contributed by atoms with E-state index in [9.17, 15) is 16.8 Å². The van der Waals surface area contributed by atoms with Crippen molar-refractivity contribution in [1.82, 2.24) is 4.72 Å². The summed E-state index contributed by atoms with van der Waals surface area (Å²) in [5.74, 6) is -0.265. The molecule has 1 N–H and O–H groups in total. The molecule has 2 rings (SSSR count). The van der Waals surface area contributed by atoms with Crippen LogP contribution in [0.5, 0.6) is 0 Å². The van der Waals surface area contributed by atoms with Crippen molar-refractivity contribution in [2.24, 2.45) is 0 Å². The van der Waals surface area contributed by atoms with E-state index in [1.165, 1.54) is 18.2 Å². The van der Waals surface area contributed by atoms with Gasteiger partial charge in [-0.25, -0.2) is 21.6 Å². The smallest absolute Gasteiger partial charge is 0.224 e. The number of nitrogens with zero attached hydrogens (tertiary/aromatic N) is 1. The molecule has 1 aliphatic rings. The molecule has 0 fully saturated rings. The molecule has 0 bridgehead atoms. The first-order valence-corrected chi connectivity index (χ1v) is 8.91. The van der Waals surface area contributed by atoms with Gasteiger partial charge in [0.15, 0.2) is 9.84 Å². The van der Waals surface area contributed by atoms with E-state index in [4.69, 9.17) is 5.26 Å². The number of nitrogens with one attached hydrogen (secondary N) is 1.